The average molecular weight is 732 g/mol. The number of benzene rings is 1. The molecule has 0 spiro atoms. The fraction of sp³-hybridized carbons (Fsp3) is 0.355. The van der Waals surface area contributed by atoms with Gasteiger partial charge in [0.25, 0.3) is 24.2 Å². The summed E-state index contributed by atoms with van der Waals surface area (Å²) in [7, 11) is 1.39. The van der Waals surface area contributed by atoms with Crippen molar-refractivity contribution in [3.63, 3.8) is 0 Å². The van der Waals surface area contributed by atoms with Crippen molar-refractivity contribution in [2.75, 3.05) is 50.3 Å². The Morgan fingerprint density at radius 1 is 1.04 bits per heavy atom. The van der Waals surface area contributed by atoms with Crippen LogP contribution in [0.5, 0.6) is 0 Å². The van der Waals surface area contributed by atoms with E-state index in [-0.39, 0.29) is 69.2 Å². The van der Waals surface area contributed by atoms with E-state index in [0.29, 0.717) is 26.2 Å². The number of alkyl halides is 3. The van der Waals surface area contributed by atoms with Crippen LogP contribution >= 0.6 is 11.6 Å². The molecule has 51 heavy (non-hydrogen) atoms. The summed E-state index contributed by atoms with van der Waals surface area (Å²) in [4.78, 5) is 63.0. The van der Waals surface area contributed by atoms with Crippen molar-refractivity contribution in [2.24, 2.45) is 13.0 Å². The van der Waals surface area contributed by atoms with E-state index in [4.69, 9.17) is 27.2 Å². The van der Waals surface area contributed by atoms with Crippen LogP contribution in [0, 0.1) is 5.92 Å². The number of piperidine rings is 1. The summed E-state index contributed by atoms with van der Waals surface area (Å²) in [5, 5.41) is 16.5. The van der Waals surface area contributed by atoms with Crippen molar-refractivity contribution in [1.82, 2.24) is 44.4 Å². The zero-order valence-electron chi connectivity index (χ0n) is 27.1. The number of carboxylic acid groups (broad SMARTS) is 1. The van der Waals surface area contributed by atoms with Gasteiger partial charge < -0.3 is 35.8 Å². The topological polar surface area (TPSA) is 206 Å². The first-order valence-corrected chi connectivity index (χ1v) is 15.9. The first-order valence-electron chi connectivity index (χ1n) is 15.6. The van der Waals surface area contributed by atoms with E-state index >= 15 is 0 Å². The molecular formula is C31H33ClF3N11O5. The molecule has 0 radical (unpaired) electrons. The number of aromatic nitrogens is 6. The van der Waals surface area contributed by atoms with Crippen molar-refractivity contribution in [2.45, 2.75) is 19.0 Å². The van der Waals surface area contributed by atoms with E-state index in [9.17, 15) is 27.6 Å². The highest BCUT2D eigenvalue weighted by Gasteiger charge is 2.39. The summed E-state index contributed by atoms with van der Waals surface area (Å²) in [5.74, 6) is -1.21. The minimum atomic E-state index is -4.84. The van der Waals surface area contributed by atoms with Crippen LogP contribution in [-0.4, -0.2) is 108 Å². The molecule has 2 saturated heterocycles. The molecule has 6 rings (SSSR count). The Balaban J connectivity index is 0.00000162. The molecule has 5 N–H and O–H groups in total. The molecule has 0 unspecified atom stereocenters. The van der Waals surface area contributed by atoms with Crippen molar-refractivity contribution in [3.05, 3.63) is 65.1 Å². The number of amides is 3. The summed E-state index contributed by atoms with van der Waals surface area (Å²) in [6.07, 6.45) is 1.47. The van der Waals surface area contributed by atoms with E-state index in [1.165, 1.54) is 42.2 Å². The lowest BCUT2D eigenvalue weighted by atomic mass is 9.96. The van der Waals surface area contributed by atoms with Gasteiger partial charge in [-0.1, -0.05) is 11.6 Å². The number of halogens is 4. The highest BCUT2D eigenvalue weighted by molar-refractivity contribution is 6.34. The van der Waals surface area contributed by atoms with Crippen molar-refractivity contribution < 1.29 is 37.5 Å². The lowest BCUT2D eigenvalue weighted by Crippen LogP contribution is -2.52. The smallest absolute Gasteiger partial charge is 0.435 e. The third-order valence-electron chi connectivity index (χ3n) is 8.34. The first-order chi connectivity index (χ1) is 24.3. The normalized spacial score (nSPS) is 15.2. The summed E-state index contributed by atoms with van der Waals surface area (Å²) >= 11 is 6.47. The Kier molecular flexibility index (Phi) is 11.2. The van der Waals surface area contributed by atoms with E-state index in [0.717, 1.165) is 43.0 Å². The van der Waals surface area contributed by atoms with E-state index in [1.807, 2.05) is 4.90 Å². The van der Waals surface area contributed by atoms with Crippen LogP contribution in [-0.2, 0) is 22.8 Å². The Labute approximate surface area is 293 Å². The lowest BCUT2D eigenvalue weighted by molar-refractivity contribution is -0.141. The second-order valence-electron chi connectivity index (χ2n) is 11.6. The maximum absolute atomic E-state index is 14.0. The zero-order chi connectivity index (χ0) is 36.9. The van der Waals surface area contributed by atoms with Gasteiger partial charge in [-0.25, -0.2) is 19.6 Å². The number of piperazine rings is 1. The molecule has 0 saturated carbocycles. The number of nitrogens with zero attached hydrogens (tertiary/aromatic N) is 8. The number of nitrogen functional groups attached to an aromatic ring is 1. The summed E-state index contributed by atoms with van der Waals surface area (Å²) in [5.41, 5.74) is 4.67. The summed E-state index contributed by atoms with van der Waals surface area (Å²) in [6.45, 7) is 3.01. The number of imidazole rings is 1. The molecule has 0 atom stereocenters. The number of hydrogen-bond acceptors (Lipinski definition) is 10. The quantitative estimate of drug-likeness (QED) is 0.212. The van der Waals surface area contributed by atoms with E-state index in [1.54, 1.807) is 4.90 Å². The lowest BCUT2D eigenvalue weighted by Gasteiger charge is -2.37. The van der Waals surface area contributed by atoms with Crippen LogP contribution in [0.4, 0.5) is 24.5 Å². The van der Waals surface area contributed by atoms with Crippen LogP contribution in [0.2, 0.25) is 5.02 Å². The van der Waals surface area contributed by atoms with Gasteiger partial charge in [-0.3, -0.25) is 19.2 Å². The average Bonchev–Trinajstić information content (AvgIpc) is 3.73. The molecule has 1 aromatic carbocycles. The van der Waals surface area contributed by atoms with Gasteiger partial charge in [0.1, 0.15) is 0 Å². The Morgan fingerprint density at radius 3 is 2.27 bits per heavy atom. The number of carbonyl (C=O) groups excluding carboxylic acids is 3. The van der Waals surface area contributed by atoms with Crippen molar-refractivity contribution in [3.8, 4) is 17.2 Å². The van der Waals surface area contributed by atoms with Crippen LogP contribution < -0.4 is 16.4 Å². The van der Waals surface area contributed by atoms with Crippen LogP contribution in [0.3, 0.4) is 0 Å². The molecule has 4 aromatic rings. The molecule has 2 fully saturated rings. The summed E-state index contributed by atoms with van der Waals surface area (Å²) < 4.78 is 44.0. The SMILES string of the molecule is Cn1c(-c2cn(-c3ncc(N)cn3)nc2C(F)(F)F)cnc1C(=O)Nc1ccc(C(=O)N2CCN(C(=O)C3CCNCC3)CC2)c(Cl)c1.O=CO. The van der Waals surface area contributed by atoms with Crippen LogP contribution in [0.25, 0.3) is 17.2 Å². The van der Waals surface area contributed by atoms with Gasteiger partial charge in [-0.15, -0.1) is 0 Å². The predicted molar refractivity (Wildman–Crippen MR) is 177 cm³/mol. The van der Waals surface area contributed by atoms with Gasteiger partial charge in [0, 0.05) is 51.0 Å². The molecule has 270 valence electrons. The molecule has 0 aliphatic carbocycles. The van der Waals surface area contributed by atoms with Gasteiger partial charge in [-0.05, 0) is 44.1 Å². The summed E-state index contributed by atoms with van der Waals surface area (Å²) in [6, 6.07) is 4.39. The fourth-order valence-electron chi connectivity index (χ4n) is 5.77. The molecule has 20 heteroatoms. The van der Waals surface area contributed by atoms with E-state index in [2.05, 4.69) is 30.7 Å². The number of nitrogens with two attached hydrogens (primary N) is 1. The highest BCUT2D eigenvalue weighted by atomic mass is 35.5. The minimum Gasteiger partial charge on any atom is -0.483 e. The number of rotatable bonds is 6. The second kappa shape index (κ2) is 15.5. The molecule has 16 nitrogen and oxygen atoms in total. The molecular weight excluding hydrogens is 699 g/mol. The van der Waals surface area contributed by atoms with Gasteiger partial charge in [0.05, 0.1) is 46.1 Å². The minimum absolute atomic E-state index is 0.00911. The first kappa shape index (κ1) is 36.7. The van der Waals surface area contributed by atoms with Gasteiger partial charge in [0.15, 0.2) is 11.5 Å². The van der Waals surface area contributed by atoms with Gasteiger partial charge >= 0.3 is 6.18 Å². The Morgan fingerprint density at radius 2 is 1.67 bits per heavy atom. The molecule has 3 aromatic heterocycles. The monoisotopic (exact) mass is 731 g/mol. The maximum Gasteiger partial charge on any atom is 0.435 e. The van der Waals surface area contributed by atoms with Crippen molar-refractivity contribution in [1.29, 1.82) is 0 Å². The number of anilines is 2. The van der Waals surface area contributed by atoms with Crippen LogP contribution in [0.15, 0.2) is 43.0 Å². The molecule has 5 heterocycles. The second-order valence-corrected chi connectivity index (χ2v) is 12.0. The zero-order valence-corrected chi connectivity index (χ0v) is 27.9. The molecule has 2 aliphatic rings. The number of hydrogen-bond donors (Lipinski definition) is 4. The molecule has 0 bridgehead atoms. The molecule has 2 aliphatic heterocycles. The Hall–Kier alpha value is -5.56. The number of carbonyl (C=O) groups is 4. The number of nitrogens with one attached hydrogen (secondary N) is 2. The van der Waals surface area contributed by atoms with Crippen LogP contribution in [0.1, 0.15) is 39.5 Å². The largest absolute Gasteiger partial charge is 0.483 e. The standard InChI is InChI=1S/C30H31ClF3N11O3.CH2O2/c1-42-23(21-16-45(41-24(21)30(32,33)34)29-38-13-18(35)14-39-29)15-37-25(42)26(46)40-19-2-3-20(22(31)12-19)28(48)44-10-8-43(9-11-44)27(47)17-4-6-36-7-5-17;2-1-3/h2-3,12-17,36H,4-11,35H2,1H3,(H,40,46);1H,(H,2,3). The highest BCUT2D eigenvalue weighted by Crippen LogP contribution is 2.36. The predicted octanol–water partition coefficient (Wildman–Crippen LogP) is 2.55. The molecule has 3 amide bonds. The van der Waals surface area contributed by atoms with Crippen molar-refractivity contribution >= 4 is 47.2 Å². The third kappa shape index (κ3) is 8.26. The third-order valence-corrected chi connectivity index (χ3v) is 8.65. The van der Waals surface area contributed by atoms with Gasteiger partial charge in [0.2, 0.25) is 5.91 Å². The Bertz CT molecular complexity index is 1900. The van der Waals surface area contributed by atoms with Gasteiger partial charge in [-0.2, -0.15) is 18.3 Å². The maximum atomic E-state index is 14.0. The fourth-order valence-corrected chi connectivity index (χ4v) is 6.04. The van der Waals surface area contributed by atoms with E-state index < -0.39 is 17.8 Å².